The maximum absolute atomic E-state index is 11.8. The zero-order valence-corrected chi connectivity index (χ0v) is 10.9. The van der Waals surface area contributed by atoms with Crippen LogP contribution in [0, 0.1) is 6.92 Å². The molecule has 0 fully saturated rings. The lowest BCUT2D eigenvalue weighted by Crippen LogP contribution is -2.19. The predicted octanol–water partition coefficient (Wildman–Crippen LogP) is 3.65. The van der Waals surface area contributed by atoms with Gasteiger partial charge < -0.3 is 15.4 Å². The van der Waals surface area contributed by atoms with Crippen molar-refractivity contribution < 1.29 is 9.53 Å². The van der Waals surface area contributed by atoms with E-state index in [1.807, 2.05) is 31.2 Å². The van der Waals surface area contributed by atoms with Gasteiger partial charge in [0.25, 0.3) is 0 Å². The van der Waals surface area contributed by atoms with Gasteiger partial charge in [-0.05, 0) is 42.8 Å². The van der Waals surface area contributed by atoms with Crippen molar-refractivity contribution in [1.29, 1.82) is 0 Å². The normalized spacial score (nSPS) is 9.79. The van der Waals surface area contributed by atoms with Gasteiger partial charge in [0.05, 0.1) is 7.11 Å². The second-order valence-corrected chi connectivity index (χ2v) is 4.12. The molecule has 0 aliphatic heterocycles. The van der Waals surface area contributed by atoms with E-state index in [1.165, 1.54) is 0 Å². The van der Waals surface area contributed by atoms with Crippen LogP contribution in [-0.4, -0.2) is 13.1 Å². The fourth-order valence-electron chi connectivity index (χ4n) is 1.67. The molecule has 0 heterocycles. The standard InChI is InChI=1S/C15H16N2O2/c1-11-5-3-4-6-14(11)17-15(18)16-12-7-9-13(19-2)10-8-12/h3-10H,1-2H3,(H2,16,17,18). The summed E-state index contributed by atoms with van der Waals surface area (Å²) < 4.78 is 5.06. The van der Waals surface area contributed by atoms with Crippen LogP contribution in [-0.2, 0) is 0 Å². The molecule has 0 radical (unpaired) electrons. The third-order valence-corrected chi connectivity index (χ3v) is 2.74. The van der Waals surface area contributed by atoms with Crippen molar-refractivity contribution in [3.8, 4) is 5.75 Å². The van der Waals surface area contributed by atoms with Crippen LogP contribution in [0.1, 0.15) is 5.56 Å². The van der Waals surface area contributed by atoms with Crippen molar-refractivity contribution >= 4 is 17.4 Å². The Kier molecular flexibility index (Phi) is 4.03. The van der Waals surface area contributed by atoms with Crippen LogP contribution >= 0.6 is 0 Å². The van der Waals surface area contributed by atoms with Crippen molar-refractivity contribution in [3.05, 3.63) is 54.1 Å². The number of hydrogen-bond acceptors (Lipinski definition) is 2. The fraction of sp³-hybridized carbons (Fsp3) is 0.133. The number of aryl methyl sites for hydroxylation is 1. The molecule has 0 spiro atoms. The Morgan fingerprint density at radius 1 is 1.00 bits per heavy atom. The molecule has 98 valence electrons. The lowest BCUT2D eigenvalue weighted by atomic mass is 10.2. The molecular formula is C15H16N2O2. The zero-order chi connectivity index (χ0) is 13.7. The van der Waals surface area contributed by atoms with Crippen LogP contribution in [0.15, 0.2) is 48.5 Å². The highest BCUT2D eigenvalue weighted by molar-refractivity contribution is 6.00. The number of benzene rings is 2. The number of urea groups is 1. The summed E-state index contributed by atoms with van der Waals surface area (Å²) >= 11 is 0. The Hall–Kier alpha value is -2.49. The average Bonchev–Trinajstić information content (AvgIpc) is 2.42. The van der Waals surface area contributed by atoms with Crippen molar-refractivity contribution in [1.82, 2.24) is 0 Å². The van der Waals surface area contributed by atoms with E-state index >= 15 is 0 Å². The molecular weight excluding hydrogens is 240 g/mol. The summed E-state index contributed by atoms with van der Waals surface area (Å²) in [6, 6.07) is 14.5. The maximum Gasteiger partial charge on any atom is 0.323 e. The molecule has 0 aromatic heterocycles. The van der Waals surface area contributed by atoms with E-state index in [4.69, 9.17) is 4.74 Å². The number of amides is 2. The highest BCUT2D eigenvalue weighted by Crippen LogP contribution is 2.16. The number of hydrogen-bond donors (Lipinski definition) is 2. The van der Waals surface area contributed by atoms with Gasteiger partial charge in [-0.3, -0.25) is 0 Å². The first-order valence-electron chi connectivity index (χ1n) is 5.97. The number of rotatable bonds is 3. The van der Waals surface area contributed by atoms with Gasteiger partial charge in [-0.15, -0.1) is 0 Å². The largest absolute Gasteiger partial charge is 0.497 e. The smallest absolute Gasteiger partial charge is 0.323 e. The number of carbonyl (C=O) groups is 1. The van der Waals surface area contributed by atoms with E-state index < -0.39 is 0 Å². The second kappa shape index (κ2) is 5.91. The molecule has 0 aliphatic carbocycles. The van der Waals surface area contributed by atoms with E-state index in [-0.39, 0.29) is 6.03 Å². The molecule has 2 rings (SSSR count). The molecule has 0 bridgehead atoms. The minimum atomic E-state index is -0.264. The Balaban J connectivity index is 1.99. The van der Waals surface area contributed by atoms with Crippen LogP contribution in [0.4, 0.5) is 16.2 Å². The van der Waals surface area contributed by atoms with Gasteiger partial charge in [-0.1, -0.05) is 18.2 Å². The van der Waals surface area contributed by atoms with Crippen molar-refractivity contribution in [3.63, 3.8) is 0 Å². The van der Waals surface area contributed by atoms with E-state index in [0.29, 0.717) is 5.69 Å². The Morgan fingerprint density at radius 3 is 2.32 bits per heavy atom. The highest BCUT2D eigenvalue weighted by Gasteiger charge is 2.04. The molecule has 19 heavy (non-hydrogen) atoms. The van der Waals surface area contributed by atoms with Gasteiger partial charge in [0, 0.05) is 11.4 Å². The first-order chi connectivity index (χ1) is 9.19. The Morgan fingerprint density at radius 2 is 1.68 bits per heavy atom. The van der Waals surface area contributed by atoms with Crippen LogP contribution in [0.2, 0.25) is 0 Å². The summed E-state index contributed by atoms with van der Waals surface area (Å²) in [5.41, 5.74) is 2.53. The van der Waals surface area contributed by atoms with Crippen LogP contribution in [0.3, 0.4) is 0 Å². The molecule has 2 amide bonds. The van der Waals surface area contributed by atoms with Gasteiger partial charge in [0.15, 0.2) is 0 Å². The fourth-order valence-corrected chi connectivity index (χ4v) is 1.67. The van der Waals surface area contributed by atoms with E-state index in [0.717, 1.165) is 17.0 Å². The molecule has 4 heteroatoms. The van der Waals surface area contributed by atoms with Gasteiger partial charge in [-0.25, -0.2) is 4.79 Å². The number of carbonyl (C=O) groups excluding carboxylic acids is 1. The van der Waals surface area contributed by atoms with Gasteiger partial charge in [0.2, 0.25) is 0 Å². The van der Waals surface area contributed by atoms with Crippen molar-refractivity contribution in [2.45, 2.75) is 6.92 Å². The minimum absolute atomic E-state index is 0.264. The zero-order valence-electron chi connectivity index (χ0n) is 10.9. The summed E-state index contributed by atoms with van der Waals surface area (Å²) in [7, 11) is 1.60. The minimum Gasteiger partial charge on any atom is -0.497 e. The summed E-state index contributed by atoms with van der Waals surface area (Å²) in [5, 5.41) is 5.57. The summed E-state index contributed by atoms with van der Waals surface area (Å²) in [6.45, 7) is 1.95. The lowest BCUT2D eigenvalue weighted by molar-refractivity contribution is 0.262. The number of anilines is 2. The Labute approximate surface area is 112 Å². The van der Waals surface area contributed by atoms with E-state index in [1.54, 1.807) is 31.4 Å². The topological polar surface area (TPSA) is 50.4 Å². The van der Waals surface area contributed by atoms with Gasteiger partial charge in [-0.2, -0.15) is 0 Å². The predicted molar refractivity (Wildman–Crippen MR) is 76.8 cm³/mol. The van der Waals surface area contributed by atoms with Crippen molar-refractivity contribution in [2.24, 2.45) is 0 Å². The van der Waals surface area contributed by atoms with E-state index in [9.17, 15) is 4.79 Å². The molecule has 0 saturated carbocycles. The van der Waals surface area contributed by atoms with Crippen molar-refractivity contribution in [2.75, 3.05) is 17.7 Å². The molecule has 2 N–H and O–H groups in total. The number of nitrogens with one attached hydrogen (secondary N) is 2. The molecule has 4 nitrogen and oxygen atoms in total. The third kappa shape index (κ3) is 3.48. The van der Waals surface area contributed by atoms with Crippen LogP contribution < -0.4 is 15.4 Å². The first-order valence-corrected chi connectivity index (χ1v) is 5.97. The lowest BCUT2D eigenvalue weighted by Gasteiger charge is -2.10. The maximum atomic E-state index is 11.8. The Bertz CT molecular complexity index is 565. The van der Waals surface area contributed by atoms with Crippen LogP contribution in [0.5, 0.6) is 5.75 Å². The molecule has 0 atom stereocenters. The second-order valence-electron chi connectivity index (χ2n) is 4.12. The monoisotopic (exact) mass is 256 g/mol. The first kappa shape index (κ1) is 13.0. The summed E-state index contributed by atoms with van der Waals surface area (Å²) in [4.78, 5) is 11.8. The number of methoxy groups -OCH3 is 1. The van der Waals surface area contributed by atoms with Gasteiger partial charge in [0.1, 0.15) is 5.75 Å². The summed E-state index contributed by atoms with van der Waals surface area (Å²) in [5.74, 6) is 0.755. The number of para-hydroxylation sites is 1. The highest BCUT2D eigenvalue weighted by atomic mass is 16.5. The van der Waals surface area contributed by atoms with Crippen LogP contribution in [0.25, 0.3) is 0 Å². The quantitative estimate of drug-likeness (QED) is 0.880. The molecule has 2 aromatic rings. The average molecular weight is 256 g/mol. The van der Waals surface area contributed by atoms with E-state index in [2.05, 4.69) is 10.6 Å². The van der Waals surface area contributed by atoms with Gasteiger partial charge >= 0.3 is 6.03 Å². The SMILES string of the molecule is COc1ccc(NC(=O)Nc2ccccc2C)cc1. The molecule has 0 unspecified atom stereocenters. The summed E-state index contributed by atoms with van der Waals surface area (Å²) in [6.07, 6.45) is 0. The molecule has 2 aromatic carbocycles. The number of ether oxygens (including phenoxy) is 1. The molecule has 0 saturated heterocycles. The molecule has 0 aliphatic rings. The third-order valence-electron chi connectivity index (χ3n) is 2.74.